The Labute approximate surface area is 310 Å². The molecule has 3 atom stereocenters. The number of halogens is 6. The zero-order chi connectivity index (χ0) is 38.4. The van der Waals surface area contributed by atoms with Gasteiger partial charge in [-0.3, -0.25) is 14.4 Å². The van der Waals surface area contributed by atoms with Gasteiger partial charge in [-0.15, -0.1) is 0 Å². The smallest absolute Gasteiger partial charge is 0.411 e. The van der Waals surface area contributed by atoms with E-state index in [4.69, 9.17) is 16.3 Å². The van der Waals surface area contributed by atoms with E-state index in [0.717, 1.165) is 28.8 Å². The summed E-state index contributed by atoms with van der Waals surface area (Å²) in [6.45, 7) is 4.84. The van der Waals surface area contributed by atoms with Crippen LogP contribution in [0.5, 0.6) is 0 Å². The highest BCUT2D eigenvalue weighted by molar-refractivity contribution is 6.32. The van der Waals surface area contributed by atoms with Crippen LogP contribution in [-0.2, 0) is 15.1 Å². The molecule has 54 heavy (non-hydrogen) atoms. The fraction of sp³-hybridized carbons (Fsp3) is 0.444. The number of rotatable bonds is 7. The summed E-state index contributed by atoms with van der Waals surface area (Å²) in [7, 11) is 0. The maximum Gasteiger partial charge on any atom is 0.411 e. The van der Waals surface area contributed by atoms with Gasteiger partial charge in [0, 0.05) is 17.3 Å². The SMILES string of the molecule is CC(C)(C)C[C@]1(c2ccc(-c3cnn(C4CC4)c3)cc2F)N/C2=N\C(F)c3ncnn3-c3cc(ccc3Cl)[C@@H](COC(=O)NC3(C(F)(F)F)CC3)N2C1=O. The van der Waals surface area contributed by atoms with Gasteiger partial charge in [0.25, 0.3) is 12.2 Å². The van der Waals surface area contributed by atoms with Gasteiger partial charge >= 0.3 is 12.3 Å². The van der Waals surface area contributed by atoms with Crippen LogP contribution in [0, 0.1) is 11.2 Å². The molecule has 2 N–H and O–H groups in total. The molecule has 2 aliphatic heterocycles. The Hall–Kier alpha value is -5.06. The Morgan fingerprint density at radius 1 is 1.09 bits per heavy atom. The summed E-state index contributed by atoms with van der Waals surface area (Å²) < 4.78 is 82.4. The quantitative estimate of drug-likeness (QED) is 0.150. The minimum atomic E-state index is -4.71. The molecule has 18 heteroatoms. The lowest BCUT2D eigenvalue weighted by atomic mass is 9.75. The van der Waals surface area contributed by atoms with Crippen LogP contribution in [0.4, 0.5) is 26.7 Å². The second-order valence-electron chi connectivity index (χ2n) is 15.4. The zero-order valence-corrected chi connectivity index (χ0v) is 30.0. The Morgan fingerprint density at radius 2 is 1.85 bits per heavy atom. The molecule has 4 aliphatic rings. The molecule has 0 radical (unpaired) electrons. The molecule has 2 amide bonds. The normalized spacial score (nSPS) is 24.2. The highest BCUT2D eigenvalue weighted by atomic mass is 35.5. The molecule has 12 nitrogen and oxygen atoms in total. The van der Waals surface area contributed by atoms with Crippen LogP contribution in [-0.4, -0.2) is 65.7 Å². The van der Waals surface area contributed by atoms with Crippen molar-refractivity contribution in [1.29, 1.82) is 0 Å². The van der Waals surface area contributed by atoms with Crippen LogP contribution >= 0.6 is 11.6 Å². The van der Waals surface area contributed by atoms with Gasteiger partial charge in [0.2, 0.25) is 5.96 Å². The first-order chi connectivity index (χ1) is 25.5. The maximum absolute atomic E-state index is 16.6. The first-order valence-electron chi connectivity index (χ1n) is 17.4. The number of nitrogens with one attached hydrogen (secondary N) is 2. The first-order valence-corrected chi connectivity index (χ1v) is 17.8. The lowest BCUT2D eigenvalue weighted by Crippen LogP contribution is -2.49. The third-order valence-corrected chi connectivity index (χ3v) is 10.5. The van der Waals surface area contributed by atoms with Gasteiger partial charge in [0.15, 0.2) is 5.82 Å². The second kappa shape index (κ2) is 12.5. The fourth-order valence-electron chi connectivity index (χ4n) is 7.22. The number of carbonyl (C=O) groups is 2. The van der Waals surface area contributed by atoms with Crippen molar-refractivity contribution in [3.05, 3.63) is 82.9 Å². The van der Waals surface area contributed by atoms with Gasteiger partial charge < -0.3 is 15.4 Å². The molecule has 0 spiro atoms. The summed E-state index contributed by atoms with van der Waals surface area (Å²) in [5.41, 5.74) is -3.38. The number of aliphatic imine (C=N–C) groups is 1. The van der Waals surface area contributed by atoms with E-state index in [2.05, 4.69) is 25.5 Å². The minimum absolute atomic E-state index is 0.0224. The summed E-state index contributed by atoms with van der Waals surface area (Å²) in [6, 6.07) is 7.92. The predicted molar refractivity (Wildman–Crippen MR) is 185 cm³/mol. The molecule has 1 unspecified atom stereocenters. The van der Waals surface area contributed by atoms with Crippen molar-refractivity contribution in [1.82, 2.24) is 40.1 Å². The number of amides is 2. The molecule has 2 aliphatic carbocycles. The van der Waals surface area contributed by atoms with Gasteiger partial charge in [0.1, 0.15) is 29.8 Å². The number of benzene rings is 2. The Morgan fingerprint density at radius 3 is 2.52 bits per heavy atom. The third kappa shape index (κ3) is 6.25. The van der Waals surface area contributed by atoms with Crippen molar-refractivity contribution in [3.8, 4) is 16.8 Å². The number of hydrogen-bond acceptors (Lipinski definition) is 8. The second-order valence-corrected chi connectivity index (χ2v) is 15.8. The van der Waals surface area contributed by atoms with Crippen LogP contribution < -0.4 is 10.6 Å². The molecule has 4 aromatic rings. The number of guanidine groups is 1. The Balaban J connectivity index is 1.24. The topological polar surface area (TPSA) is 132 Å². The molecule has 2 aromatic heterocycles. The number of fused-ring (bicyclic) bond motifs is 5. The average molecular weight is 772 g/mol. The highest BCUT2D eigenvalue weighted by Gasteiger charge is 2.65. The fourth-order valence-corrected chi connectivity index (χ4v) is 7.42. The van der Waals surface area contributed by atoms with Gasteiger partial charge in [0.05, 0.1) is 29.0 Å². The third-order valence-electron chi connectivity index (χ3n) is 10.1. The van der Waals surface area contributed by atoms with Gasteiger partial charge in [-0.25, -0.2) is 28.2 Å². The molecule has 2 aromatic carbocycles. The van der Waals surface area contributed by atoms with E-state index in [9.17, 15) is 18.0 Å². The summed E-state index contributed by atoms with van der Waals surface area (Å²) in [6.07, 6.45) is -2.37. The van der Waals surface area contributed by atoms with E-state index in [0.29, 0.717) is 17.2 Å². The number of hydrogen-bond donors (Lipinski definition) is 2. The number of aromatic nitrogens is 5. The summed E-state index contributed by atoms with van der Waals surface area (Å²) in [5, 5.41) is 13.6. The molecular weight excluding hydrogens is 737 g/mol. The van der Waals surface area contributed by atoms with Crippen LogP contribution in [0.3, 0.4) is 0 Å². The van der Waals surface area contributed by atoms with Crippen LogP contribution in [0.1, 0.15) is 88.2 Å². The van der Waals surface area contributed by atoms with Crippen molar-refractivity contribution in [2.24, 2.45) is 10.4 Å². The van der Waals surface area contributed by atoms with Crippen molar-refractivity contribution in [2.75, 3.05) is 6.61 Å². The lowest BCUT2D eigenvalue weighted by molar-refractivity contribution is -0.164. The largest absolute Gasteiger partial charge is 0.447 e. The minimum Gasteiger partial charge on any atom is -0.447 e. The average Bonchev–Trinajstić information content (AvgIpc) is 3.96. The standard InChI is InChI=1S/C36H35ClF5N9O3/c1-33(2,3)17-35(23-8-4-19(12-25(23)38)21-14-44-49(15-21)22-6-7-22)30(52)50-27(16-54-32(53)48-34(10-11-34)36(40,41)42)20-5-9-24(37)26(13-20)51-29(43-18-45-51)28(39)46-31(50)47-35/h4-5,8-9,12-15,18,22,27-28H,6-7,10-11,16-17H2,1-3H3,(H,46,47)(H,48,53)/t27-,28?,35-/m1/s1. The van der Waals surface area contributed by atoms with Crippen LogP contribution in [0.15, 0.2) is 60.1 Å². The first kappa shape index (κ1) is 35.9. The van der Waals surface area contributed by atoms with E-state index in [1.165, 1.54) is 30.3 Å². The van der Waals surface area contributed by atoms with Gasteiger partial charge in [-0.2, -0.15) is 23.4 Å². The van der Waals surface area contributed by atoms with Crippen molar-refractivity contribution in [2.45, 2.75) is 88.5 Å². The number of alkyl carbamates (subject to hydrolysis) is 1. The molecule has 2 saturated carbocycles. The molecule has 3 fully saturated rings. The van der Waals surface area contributed by atoms with Gasteiger partial charge in [-0.1, -0.05) is 50.6 Å². The number of nitrogens with zero attached hydrogens (tertiary/aromatic N) is 7. The van der Waals surface area contributed by atoms with Gasteiger partial charge in [-0.05, 0) is 66.8 Å². The maximum atomic E-state index is 16.6. The predicted octanol–water partition coefficient (Wildman–Crippen LogP) is 7.22. The molecule has 4 heterocycles. The number of carbonyl (C=O) groups excluding carboxylic acids is 2. The number of alkyl halides is 4. The monoisotopic (exact) mass is 771 g/mol. The Bertz CT molecular complexity index is 2190. The van der Waals surface area contributed by atoms with E-state index in [1.54, 1.807) is 12.3 Å². The van der Waals surface area contributed by atoms with Crippen molar-refractivity contribution < 1.29 is 36.3 Å². The van der Waals surface area contributed by atoms with Crippen LogP contribution in [0.25, 0.3) is 16.8 Å². The summed E-state index contributed by atoms with van der Waals surface area (Å²) >= 11 is 6.52. The molecular formula is C36H35ClF5N9O3. The molecule has 284 valence electrons. The van der Waals surface area contributed by atoms with Crippen molar-refractivity contribution >= 4 is 29.6 Å². The summed E-state index contributed by atoms with van der Waals surface area (Å²) in [4.78, 5) is 37.5. The zero-order valence-electron chi connectivity index (χ0n) is 29.3. The lowest BCUT2D eigenvalue weighted by Gasteiger charge is -2.35. The molecule has 2 bridgehead atoms. The summed E-state index contributed by atoms with van der Waals surface area (Å²) in [5.74, 6) is -2.12. The molecule has 8 rings (SSSR count). The van der Waals surface area contributed by atoms with E-state index >= 15 is 13.6 Å². The van der Waals surface area contributed by atoms with E-state index in [-0.39, 0.29) is 52.9 Å². The van der Waals surface area contributed by atoms with Crippen molar-refractivity contribution in [3.63, 3.8) is 0 Å². The highest BCUT2D eigenvalue weighted by Crippen LogP contribution is 2.49. The van der Waals surface area contributed by atoms with Crippen LogP contribution in [0.2, 0.25) is 5.02 Å². The number of ether oxygens (including phenoxy) is 1. The van der Waals surface area contributed by atoms with E-state index in [1.807, 2.05) is 37.0 Å². The van der Waals surface area contributed by atoms with E-state index < -0.39 is 59.4 Å². The Kier molecular flexibility index (Phi) is 8.32. The molecule has 1 saturated heterocycles.